The average Bonchev–Trinajstić information content (AvgIpc) is 3.16. The third kappa shape index (κ3) is 7.88. The first kappa shape index (κ1) is 32.6. The van der Waals surface area contributed by atoms with Crippen molar-refractivity contribution < 1.29 is 30.0 Å². The van der Waals surface area contributed by atoms with Gasteiger partial charge in [-0.2, -0.15) is 0 Å². The minimum atomic E-state index is -3.54. The van der Waals surface area contributed by atoms with Gasteiger partial charge in [0.2, 0.25) is 9.84 Å². The summed E-state index contributed by atoms with van der Waals surface area (Å²) in [5.74, 6) is -0.262. The third-order valence-electron chi connectivity index (χ3n) is 8.57. The lowest BCUT2D eigenvalue weighted by Gasteiger charge is -2.27. The van der Waals surface area contributed by atoms with E-state index in [0.29, 0.717) is 9.80 Å². The van der Waals surface area contributed by atoms with Gasteiger partial charge in [-0.25, -0.2) is 13.0 Å². The van der Waals surface area contributed by atoms with E-state index in [-0.39, 0.29) is 22.9 Å². The Morgan fingerprint density at radius 2 is 1.35 bits per heavy atom. The van der Waals surface area contributed by atoms with Crippen LogP contribution >= 0.6 is 0 Å². The highest BCUT2D eigenvalue weighted by Gasteiger charge is 2.44. The highest BCUT2D eigenvalue weighted by Crippen LogP contribution is 2.49. The number of sulfone groups is 1. The number of aromatic nitrogens is 1. The minimum Gasteiger partial charge on any atom is -1.00 e. The summed E-state index contributed by atoms with van der Waals surface area (Å²) in [7, 11) is -3.54. The maximum Gasteiger partial charge on any atom is 0.206 e. The maximum atomic E-state index is 13.6. The zero-order valence-electron chi connectivity index (χ0n) is 24.9. The molecular weight excluding hydrogens is 580 g/mol. The molecule has 6 heteroatoms. The fraction of sp³-hybridized carbons (Fsp3) is 0.559. The molecule has 4 nitrogen and oxygen atoms in total. The lowest BCUT2D eigenvalue weighted by Crippen LogP contribution is -3.00. The molecule has 2 aromatic rings. The fourth-order valence-electron chi connectivity index (χ4n) is 6.16. The predicted octanol–water partition coefficient (Wildman–Crippen LogP) is 5.60. The number of benzene rings is 1. The molecule has 1 aromatic heterocycles. The average molecular weight is 630 g/mol. The molecule has 1 atom stereocenters. The topological polar surface area (TPSA) is 50.1 Å². The number of hydrogen-bond acceptors (Lipinski definition) is 3. The Hall–Kier alpha value is -1.92. The first-order chi connectivity index (χ1) is 18.9. The molecule has 0 saturated heterocycles. The molecule has 0 spiro atoms. The quantitative estimate of drug-likeness (QED) is 0.195. The predicted molar refractivity (Wildman–Crippen MR) is 162 cm³/mol. The van der Waals surface area contributed by atoms with Crippen molar-refractivity contribution in [3.63, 3.8) is 0 Å². The highest BCUT2D eigenvalue weighted by atomic mass is 79.9. The number of nitrogens with zero attached hydrogens (tertiary/aromatic N) is 1. The van der Waals surface area contributed by atoms with Gasteiger partial charge in [0.1, 0.15) is 6.54 Å². The summed E-state index contributed by atoms with van der Waals surface area (Å²) in [5.41, 5.74) is 4.69. The molecule has 2 aliphatic rings. The van der Waals surface area contributed by atoms with E-state index in [0.717, 1.165) is 41.1 Å². The Kier molecular flexibility index (Phi) is 13.0. The van der Waals surface area contributed by atoms with Gasteiger partial charge in [-0.15, -0.1) is 0 Å². The van der Waals surface area contributed by atoms with Gasteiger partial charge >= 0.3 is 0 Å². The zero-order chi connectivity index (χ0) is 27.7. The molecule has 0 aliphatic carbocycles. The Morgan fingerprint density at radius 3 is 1.98 bits per heavy atom. The van der Waals surface area contributed by atoms with E-state index >= 15 is 0 Å². The standard InChI is InChI=1S/C34H49N2O2S.BrH/c1-4-5-6-7-8-9-10-11-12-13-14-15-16-19-24-36-25-20-21-29(26-36)32-27(2)28(3)35-33-30-22-17-18-23-31(30)39(37,38)34(32)33;/h17-18,20-23,25-26,32,35H,4-16,19,24H2,1-3H3;1H/q+1;/p-1. The first-order valence-corrected chi connectivity index (χ1v) is 17.0. The molecular formula is C34H49BrN2O2S. The van der Waals surface area contributed by atoms with E-state index in [2.05, 4.69) is 48.3 Å². The van der Waals surface area contributed by atoms with Crippen molar-refractivity contribution in [1.82, 2.24) is 5.32 Å². The summed E-state index contributed by atoms with van der Waals surface area (Å²) in [6, 6.07) is 11.5. The molecule has 1 unspecified atom stereocenters. The van der Waals surface area contributed by atoms with E-state index in [1.54, 1.807) is 6.07 Å². The van der Waals surface area contributed by atoms with Crippen LogP contribution in [0.4, 0.5) is 0 Å². The molecule has 1 N–H and O–H groups in total. The lowest BCUT2D eigenvalue weighted by molar-refractivity contribution is -0.697. The largest absolute Gasteiger partial charge is 1.00 e. The number of allylic oxidation sites excluding steroid dienone is 3. The number of aryl methyl sites for hydroxylation is 1. The highest BCUT2D eigenvalue weighted by molar-refractivity contribution is 7.96. The van der Waals surface area contributed by atoms with Gasteiger partial charge in [-0.05, 0) is 38.0 Å². The van der Waals surface area contributed by atoms with Crippen LogP contribution in [0, 0.1) is 0 Å². The smallest absolute Gasteiger partial charge is 0.206 e. The molecule has 0 saturated carbocycles. The summed E-state index contributed by atoms with van der Waals surface area (Å²) in [6.07, 6.45) is 23.3. The number of unbranched alkanes of at least 4 members (excludes halogenated alkanes) is 13. The molecule has 3 heterocycles. The van der Waals surface area contributed by atoms with E-state index in [9.17, 15) is 8.42 Å². The van der Waals surface area contributed by atoms with Crippen LogP contribution in [0.15, 0.2) is 69.9 Å². The van der Waals surface area contributed by atoms with Crippen LogP contribution < -0.4 is 26.9 Å². The number of rotatable bonds is 16. The van der Waals surface area contributed by atoms with Gasteiger partial charge < -0.3 is 22.3 Å². The number of nitrogens with one attached hydrogen (secondary N) is 1. The van der Waals surface area contributed by atoms with Gasteiger partial charge in [-0.3, -0.25) is 0 Å². The lowest BCUT2D eigenvalue weighted by atomic mass is 9.87. The maximum absolute atomic E-state index is 13.6. The van der Waals surface area contributed by atoms with E-state index in [1.807, 2.05) is 25.1 Å². The molecule has 2 aliphatic heterocycles. The van der Waals surface area contributed by atoms with E-state index < -0.39 is 9.84 Å². The minimum absolute atomic E-state index is 0. The molecule has 0 fully saturated rings. The molecule has 0 radical (unpaired) electrons. The van der Waals surface area contributed by atoms with Crippen molar-refractivity contribution in [3.05, 3.63) is 76.1 Å². The summed E-state index contributed by atoms with van der Waals surface area (Å²) in [4.78, 5) is 0.919. The number of dihydropyridines is 1. The van der Waals surface area contributed by atoms with Gasteiger partial charge in [0.15, 0.2) is 12.4 Å². The van der Waals surface area contributed by atoms with Gasteiger partial charge in [0.25, 0.3) is 0 Å². The summed E-state index contributed by atoms with van der Waals surface area (Å²) in [6.45, 7) is 7.35. The Morgan fingerprint density at radius 1 is 0.775 bits per heavy atom. The monoisotopic (exact) mass is 628 g/mol. The SMILES string of the molecule is CCCCCCCCCCCCCCCC[n+]1cccc(C2C(C)=C(C)NC3=C2S(=O)(=O)c2ccccc23)c1.[Br-]. The van der Waals surface area contributed by atoms with Gasteiger partial charge in [0.05, 0.1) is 21.4 Å². The van der Waals surface area contributed by atoms with E-state index in [4.69, 9.17) is 0 Å². The Bertz CT molecular complexity index is 1280. The van der Waals surface area contributed by atoms with Crippen molar-refractivity contribution in [2.24, 2.45) is 0 Å². The van der Waals surface area contributed by atoms with Crippen LogP contribution in [0.2, 0.25) is 0 Å². The van der Waals surface area contributed by atoms with Crippen molar-refractivity contribution in [1.29, 1.82) is 0 Å². The summed E-state index contributed by atoms with van der Waals surface area (Å²) in [5, 5.41) is 3.41. The first-order valence-electron chi connectivity index (χ1n) is 15.5. The van der Waals surface area contributed by atoms with Crippen molar-refractivity contribution >= 4 is 15.5 Å². The van der Waals surface area contributed by atoms with Gasteiger partial charge in [0, 0.05) is 29.3 Å². The van der Waals surface area contributed by atoms with Gasteiger partial charge in [-0.1, -0.05) is 102 Å². The van der Waals surface area contributed by atoms with Crippen molar-refractivity contribution in [3.8, 4) is 0 Å². The van der Waals surface area contributed by atoms with Crippen LogP contribution in [-0.4, -0.2) is 8.42 Å². The third-order valence-corrected chi connectivity index (χ3v) is 10.5. The number of hydrogen-bond donors (Lipinski definition) is 1. The Labute approximate surface area is 254 Å². The second kappa shape index (κ2) is 15.9. The molecule has 40 heavy (non-hydrogen) atoms. The van der Waals surface area contributed by atoms with Crippen LogP contribution in [0.5, 0.6) is 0 Å². The number of pyridine rings is 1. The Balaban J connectivity index is 0.00000441. The molecule has 220 valence electrons. The fourth-order valence-corrected chi connectivity index (χ4v) is 8.17. The van der Waals surface area contributed by atoms with Crippen molar-refractivity contribution in [2.45, 2.75) is 128 Å². The second-order valence-corrected chi connectivity index (χ2v) is 13.5. The van der Waals surface area contributed by atoms with Crippen LogP contribution in [0.1, 0.15) is 128 Å². The van der Waals surface area contributed by atoms with E-state index in [1.165, 1.54) is 83.5 Å². The molecule has 1 aromatic carbocycles. The summed E-state index contributed by atoms with van der Waals surface area (Å²) >= 11 is 0. The molecule has 0 bridgehead atoms. The normalized spacial score (nSPS) is 17.3. The molecule has 0 amide bonds. The molecule has 4 rings (SSSR count). The second-order valence-electron chi connectivity index (χ2n) is 11.6. The van der Waals surface area contributed by atoms with Crippen LogP contribution in [0.25, 0.3) is 5.70 Å². The van der Waals surface area contributed by atoms with Crippen molar-refractivity contribution in [2.75, 3.05) is 0 Å². The van der Waals surface area contributed by atoms with Crippen LogP contribution in [0.3, 0.4) is 0 Å². The number of fused-ring (bicyclic) bond motifs is 2. The van der Waals surface area contributed by atoms with Crippen LogP contribution in [-0.2, 0) is 16.4 Å². The summed E-state index contributed by atoms with van der Waals surface area (Å²) < 4.78 is 29.5. The number of halogens is 1. The zero-order valence-corrected chi connectivity index (χ0v) is 27.3.